The van der Waals surface area contributed by atoms with Crippen LogP contribution in [0, 0.1) is 0 Å². The zero-order valence-electron chi connectivity index (χ0n) is 6.02. The molecule has 0 spiro atoms. The fourth-order valence-electron chi connectivity index (χ4n) is 1.05. The molecule has 0 bridgehead atoms. The summed E-state index contributed by atoms with van der Waals surface area (Å²) in [5.74, 6) is -2.50. The molecule has 1 N–H and O–H groups in total. The van der Waals surface area contributed by atoms with Crippen molar-refractivity contribution in [2.24, 2.45) is 0 Å². The van der Waals surface area contributed by atoms with E-state index < -0.39 is 5.92 Å². The molecule has 0 aromatic carbocycles. The van der Waals surface area contributed by atoms with Gasteiger partial charge in [0.05, 0.1) is 13.1 Å². The Labute approximate surface area is 63.4 Å². The van der Waals surface area contributed by atoms with Gasteiger partial charge in [-0.05, 0) is 0 Å². The number of likely N-dealkylation sites (tertiary alicyclic amines) is 1. The lowest BCUT2D eigenvalue weighted by molar-refractivity contribution is -0.129. The first kappa shape index (κ1) is 8.39. The molecule has 0 atom stereocenters. The highest BCUT2D eigenvalue weighted by atomic mass is 19.3. The molecule has 1 heterocycles. The molecule has 64 valence electrons. The van der Waals surface area contributed by atoms with E-state index in [0.29, 0.717) is 19.5 Å². The minimum atomic E-state index is -2.50. The zero-order chi connectivity index (χ0) is 8.32. The van der Waals surface area contributed by atoms with Crippen LogP contribution in [0.3, 0.4) is 0 Å². The normalized spacial score (nSPS) is 22.4. The Morgan fingerprint density at radius 3 is 2.64 bits per heavy atom. The van der Waals surface area contributed by atoms with Crippen LogP contribution in [-0.2, 0) is 4.79 Å². The Morgan fingerprint density at radius 2 is 2.18 bits per heavy atom. The number of nitrogens with zero attached hydrogens (tertiary/aromatic N) is 1. The van der Waals surface area contributed by atoms with Crippen LogP contribution in [0.1, 0.15) is 0 Å². The number of carbonyl (C=O) groups is 1. The summed E-state index contributed by atoms with van der Waals surface area (Å²) >= 11 is 0. The van der Waals surface area contributed by atoms with Crippen molar-refractivity contribution < 1.29 is 13.6 Å². The van der Waals surface area contributed by atoms with Gasteiger partial charge in [0, 0.05) is 13.1 Å². The van der Waals surface area contributed by atoms with Crippen molar-refractivity contribution in [2.45, 2.75) is 5.92 Å². The van der Waals surface area contributed by atoms with E-state index in [2.05, 4.69) is 5.32 Å². The van der Waals surface area contributed by atoms with Gasteiger partial charge >= 0.3 is 0 Å². The van der Waals surface area contributed by atoms with E-state index in [1.54, 1.807) is 4.90 Å². The smallest absolute Gasteiger partial charge is 0.272 e. The summed E-state index contributed by atoms with van der Waals surface area (Å²) in [7, 11) is 0. The molecule has 1 aliphatic rings. The van der Waals surface area contributed by atoms with Crippen LogP contribution in [0.5, 0.6) is 0 Å². The van der Waals surface area contributed by atoms with Crippen molar-refractivity contribution in [3.63, 3.8) is 0 Å². The van der Waals surface area contributed by atoms with E-state index in [0.717, 1.165) is 0 Å². The quantitative estimate of drug-likeness (QED) is 0.456. The van der Waals surface area contributed by atoms with Gasteiger partial charge in [-0.1, -0.05) is 0 Å². The molecule has 0 aliphatic carbocycles. The summed E-state index contributed by atoms with van der Waals surface area (Å²) in [5.41, 5.74) is 0. The molecule has 1 fully saturated rings. The summed E-state index contributed by atoms with van der Waals surface area (Å²) in [6.07, 6.45) is 0.567. The van der Waals surface area contributed by atoms with Gasteiger partial charge < -0.3 is 5.32 Å². The first-order chi connectivity index (χ1) is 5.14. The largest absolute Gasteiger partial charge is 0.357 e. The van der Waals surface area contributed by atoms with E-state index >= 15 is 0 Å². The van der Waals surface area contributed by atoms with Crippen molar-refractivity contribution >= 4 is 6.41 Å². The molecule has 11 heavy (non-hydrogen) atoms. The highest BCUT2D eigenvalue weighted by Crippen LogP contribution is 2.25. The maximum absolute atomic E-state index is 12.2. The van der Waals surface area contributed by atoms with Gasteiger partial charge in [-0.3, -0.25) is 9.69 Å². The van der Waals surface area contributed by atoms with Crippen LogP contribution in [-0.4, -0.2) is 43.4 Å². The third-order valence-electron chi connectivity index (χ3n) is 1.57. The average Bonchev–Trinajstić information content (AvgIpc) is 1.84. The molecule has 0 aromatic heterocycles. The highest BCUT2D eigenvalue weighted by Gasteiger charge is 2.43. The Balaban J connectivity index is 2.00. The van der Waals surface area contributed by atoms with Crippen LogP contribution < -0.4 is 5.32 Å². The standard InChI is InChI=1S/C6H10F2N2O/c7-6(8)3-10(4-6)2-1-9-5-11/h5H,1-4H2,(H,9,11). The van der Waals surface area contributed by atoms with E-state index in [-0.39, 0.29) is 13.1 Å². The summed E-state index contributed by atoms with van der Waals surface area (Å²) < 4.78 is 24.3. The average molecular weight is 164 g/mol. The van der Waals surface area contributed by atoms with E-state index in [1.165, 1.54) is 0 Å². The Kier molecular flexibility index (Phi) is 2.38. The van der Waals surface area contributed by atoms with Crippen molar-refractivity contribution in [3.8, 4) is 0 Å². The fourth-order valence-corrected chi connectivity index (χ4v) is 1.05. The maximum atomic E-state index is 12.2. The summed E-state index contributed by atoms with van der Waals surface area (Å²) in [6.45, 7) is 0.606. The number of alkyl halides is 2. The van der Waals surface area contributed by atoms with Gasteiger partial charge in [-0.15, -0.1) is 0 Å². The fraction of sp³-hybridized carbons (Fsp3) is 0.833. The van der Waals surface area contributed by atoms with Crippen molar-refractivity contribution in [1.82, 2.24) is 10.2 Å². The number of carbonyl (C=O) groups excluding carboxylic acids is 1. The Bertz CT molecular complexity index is 144. The molecule has 0 unspecified atom stereocenters. The second kappa shape index (κ2) is 3.13. The van der Waals surface area contributed by atoms with Crippen LogP contribution in [0.25, 0.3) is 0 Å². The topological polar surface area (TPSA) is 32.3 Å². The second-order valence-electron chi connectivity index (χ2n) is 2.64. The Hall–Kier alpha value is -0.710. The van der Waals surface area contributed by atoms with Crippen LogP contribution in [0.15, 0.2) is 0 Å². The van der Waals surface area contributed by atoms with Gasteiger partial charge in [0.25, 0.3) is 5.92 Å². The molecular formula is C6H10F2N2O. The second-order valence-corrected chi connectivity index (χ2v) is 2.64. The van der Waals surface area contributed by atoms with Gasteiger partial charge in [0.15, 0.2) is 0 Å². The molecule has 1 saturated heterocycles. The van der Waals surface area contributed by atoms with Crippen molar-refractivity contribution in [2.75, 3.05) is 26.2 Å². The maximum Gasteiger partial charge on any atom is 0.272 e. The highest BCUT2D eigenvalue weighted by molar-refractivity contribution is 5.45. The van der Waals surface area contributed by atoms with E-state index in [4.69, 9.17) is 0 Å². The predicted molar refractivity (Wildman–Crippen MR) is 35.5 cm³/mol. The predicted octanol–water partition coefficient (Wildman–Crippen LogP) is -0.317. The molecule has 5 heteroatoms. The lowest BCUT2D eigenvalue weighted by Crippen LogP contribution is -2.57. The number of rotatable bonds is 4. The van der Waals surface area contributed by atoms with Crippen LogP contribution >= 0.6 is 0 Å². The summed E-state index contributed by atoms with van der Waals surface area (Å²) in [6, 6.07) is 0. The van der Waals surface area contributed by atoms with Crippen molar-refractivity contribution in [1.29, 1.82) is 0 Å². The Morgan fingerprint density at radius 1 is 1.55 bits per heavy atom. The lowest BCUT2D eigenvalue weighted by Gasteiger charge is -2.38. The number of amides is 1. The van der Waals surface area contributed by atoms with Crippen molar-refractivity contribution in [3.05, 3.63) is 0 Å². The third kappa shape index (κ3) is 2.42. The van der Waals surface area contributed by atoms with E-state index in [9.17, 15) is 13.6 Å². The number of hydrogen-bond acceptors (Lipinski definition) is 2. The summed E-state index contributed by atoms with van der Waals surface area (Å²) in [4.78, 5) is 11.3. The number of hydrogen-bond donors (Lipinski definition) is 1. The van der Waals surface area contributed by atoms with Gasteiger partial charge in [0.2, 0.25) is 6.41 Å². The monoisotopic (exact) mass is 164 g/mol. The molecule has 3 nitrogen and oxygen atoms in total. The van der Waals surface area contributed by atoms with Crippen LogP contribution in [0.4, 0.5) is 8.78 Å². The van der Waals surface area contributed by atoms with Gasteiger partial charge in [0.1, 0.15) is 0 Å². The SMILES string of the molecule is O=CNCCN1CC(F)(F)C1. The minimum Gasteiger partial charge on any atom is -0.357 e. The van der Waals surface area contributed by atoms with Gasteiger partial charge in [-0.25, -0.2) is 8.78 Å². The molecule has 0 saturated carbocycles. The molecule has 1 aliphatic heterocycles. The lowest BCUT2D eigenvalue weighted by atomic mass is 10.1. The molecule has 0 aromatic rings. The molecule has 0 radical (unpaired) electrons. The molecule has 1 rings (SSSR count). The number of nitrogens with one attached hydrogen (secondary N) is 1. The molecular weight excluding hydrogens is 154 g/mol. The number of halogens is 2. The first-order valence-electron chi connectivity index (χ1n) is 3.41. The molecule has 1 amide bonds. The van der Waals surface area contributed by atoms with Gasteiger partial charge in [-0.2, -0.15) is 0 Å². The first-order valence-corrected chi connectivity index (χ1v) is 3.41. The summed E-state index contributed by atoms with van der Waals surface area (Å²) in [5, 5.41) is 2.41. The zero-order valence-corrected chi connectivity index (χ0v) is 6.02. The third-order valence-corrected chi connectivity index (χ3v) is 1.57. The van der Waals surface area contributed by atoms with E-state index in [1.807, 2.05) is 0 Å². The minimum absolute atomic E-state index is 0.173. The van der Waals surface area contributed by atoms with Crippen LogP contribution in [0.2, 0.25) is 0 Å².